The van der Waals surface area contributed by atoms with Gasteiger partial charge in [0, 0.05) is 42.5 Å². The van der Waals surface area contributed by atoms with Crippen molar-refractivity contribution in [1.29, 1.82) is 0 Å². The molecule has 2 N–H and O–H groups in total. The smallest absolute Gasteiger partial charge is 0.127 e. The lowest BCUT2D eigenvalue weighted by Crippen LogP contribution is -2.35. The number of rotatable bonds is 6. The Kier molecular flexibility index (Phi) is 6.47. The Morgan fingerprint density at radius 1 is 1.04 bits per heavy atom. The van der Waals surface area contributed by atoms with Gasteiger partial charge in [-0.3, -0.25) is 4.90 Å². The predicted octanol–water partition coefficient (Wildman–Crippen LogP) is 4.01. The molecule has 0 atom stereocenters. The number of phenols is 2. The molecule has 1 heterocycles. The van der Waals surface area contributed by atoms with E-state index in [0.29, 0.717) is 16.8 Å². The maximum atomic E-state index is 10.2. The first-order valence-electron chi connectivity index (χ1n) is 9.41. The van der Waals surface area contributed by atoms with Crippen molar-refractivity contribution >= 4 is 17.1 Å². The van der Waals surface area contributed by atoms with Gasteiger partial charge in [0.25, 0.3) is 0 Å². The molecule has 5 heteroatoms. The normalized spacial score (nSPS) is 15.2. The van der Waals surface area contributed by atoms with Crippen LogP contribution in [0.2, 0.25) is 0 Å². The van der Waals surface area contributed by atoms with Gasteiger partial charge in [-0.25, -0.2) is 0 Å². The second-order valence-electron chi connectivity index (χ2n) is 7.39. The van der Waals surface area contributed by atoms with Crippen LogP contribution in [0.4, 0.5) is 0 Å². The van der Waals surface area contributed by atoms with Crippen molar-refractivity contribution in [2.24, 2.45) is 0 Å². The van der Waals surface area contributed by atoms with Crippen LogP contribution in [0.5, 0.6) is 11.5 Å². The van der Waals surface area contributed by atoms with Crippen LogP contribution in [0.3, 0.4) is 0 Å². The van der Waals surface area contributed by atoms with Gasteiger partial charge in [-0.1, -0.05) is 50.3 Å². The third-order valence-electron chi connectivity index (χ3n) is 4.96. The molecular weight excluding hydrogens is 358 g/mol. The molecule has 1 fully saturated rings. The molecule has 3 rings (SSSR count). The van der Waals surface area contributed by atoms with Crippen molar-refractivity contribution in [3.05, 3.63) is 58.7 Å². The fourth-order valence-electron chi connectivity index (χ4n) is 3.34. The number of nitrogens with zero attached hydrogens (tertiary/aromatic N) is 1. The first kappa shape index (κ1) is 19.8. The van der Waals surface area contributed by atoms with Crippen LogP contribution in [0.1, 0.15) is 42.0 Å². The van der Waals surface area contributed by atoms with Gasteiger partial charge in [0.2, 0.25) is 0 Å². The predicted molar refractivity (Wildman–Crippen MR) is 112 cm³/mol. The topological polar surface area (TPSA) is 52.9 Å². The van der Waals surface area contributed by atoms with Gasteiger partial charge in [0.1, 0.15) is 11.5 Å². The van der Waals surface area contributed by atoms with Crippen molar-refractivity contribution in [2.45, 2.75) is 32.7 Å². The quantitative estimate of drug-likeness (QED) is 0.581. The van der Waals surface area contributed by atoms with E-state index in [-0.39, 0.29) is 17.4 Å². The summed E-state index contributed by atoms with van der Waals surface area (Å²) in [6, 6.07) is 11.7. The molecule has 2 aromatic rings. The Bertz CT molecular complexity index is 796. The number of benzene rings is 2. The van der Waals surface area contributed by atoms with Crippen molar-refractivity contribution in [2.75, 3.05) is 26.3 Å². The fraction of sp³-hybridized carbons (Fsp3) is 0.409. The fourth-order valence-corrected chi connectivity index (χ4v) is 3.67. The Morgan fingerprint density at radius 3 is 2.30 bits per heavy atom. The monoisotopic (exact) mass is 385 g/mol. The van der Waals surface area contributed by atoms with Crippen LogP contribution in [0.25, 0.3) is 0 Å². The maximum absolute atomic E-state index is 10.2. The van der Waals surface area contributed by atoms with E-state index in [1.807, 2.05) is 19.9 Å². The summed E-state index contributed by atoms with van der Waals surface area (Å²) in [6.45, 7) is 8.51. The molecule has 0 amide bonds. The maximum Gasteiger partial charge on any atom is 0.127 e. The zero-order valence-electron chi connectivity index (χ0n) is 15.9. The lowest BCUT2D eigenvalue weighted by Gasteiger charge is -2.26. The molecule has 0 radical (unpaired) electrons. The average molecular weight is 386 g/mol. The number of aromatic hydroxyl groups is 2. The zero-order valence-corrected chi connectivity index (χ0v) is 16.8. The van der Waals surface area contributed by atoms with E-state index in [4.69, 9.17) is 17.0 Å². The molecule has 1 aliphatic heterocycles. The minimum absolute atomic E-state index is 0.0332. The molecule has 0 aliphatic carbocycles. The molecule has 4 nitrogen and oxygen atoms in total. The second kappa shape index (κ2) is 8.83. The lowest BCUT2D eigenvalue weighted by atomic mass is 9.95. The highest BCUT2D eigenvalue weighted by molar-refractivity contribution is 7.80. The van der Waals surface area contributed by atoms with Crippen LogP contribution >= 0.6 is 12.2 Å². The van der Waals surface area contributed by atoms with Crippen molar-refractivity contribution < 1.29 is 14.9 Å². The first-order valence-corrected chi connectivity index (χ1v) is 9.82. The number of thiocarbonyl (C=S) groups is 1. The third kappa shape index (κ3) is 5.06. The molecule has 1 aliphatic rings. The van der Waals surface area contributed by atoms with Gasteiger partial charge in [0.05, 0.1) is 13.2 Å². The van der Waals surface area contributed by atoms with E-state index in [1.54, 1.807) is 0 Å². The Labute approximate surface area is 166 Å². The molecule has 2 aromatic carbocycles. The van der Waals surface area contributed by atoms with Gasteiger partial charge < -0.3 is 14.9 Å². The number of phenolic OH excluding ortho intramolecular Hbond substituents is 2. The van der Waals surface area contributed by atoms with Gasteiger partial charge in [-0.15, -0.1) is 0 Å². The highest BCUT2D eigenvalue weighted by Gasteiger charge is 2.15. The summed E-state index contributed by atoms with van der Waals surface area (Å²) in [5, 5.41) is 20.2. The minimum Gasteiger partial charge on any atom is -0.508 e. The summed E-state index contributed by atoms with van der Waals surface area (Å²) in [7, 11) is 0. The standard InChI is InChI=1S/C22H27NO3S/c1-15(2)18-12-19(21(25)13-20(18)24)22(27)11-16-3-5-17(6-4-16)14-23-7-9-26-10-8-23/h3-6,12-13,15,24-25H,7-11,14H2,1-2H3. The Morgan fingerprint density at radius 2 is 1.67 bits per heavy atom. The molecule has 0 unspecified atom stereocenters. The van der Waals surface area contributed by atoms with E-state index in [1.165, 1.54) is 11.6 Å². The van der Waals surface area contributed by atoms with Gasteiger partial charge in [0.15, 0.2) is 0 Å². The number of morpholine rings is 1. The van der Waals surface area contributed by atoms with Crippen LogP contribution in [-0.4, -0.2) is 46.3 Å². The third-order valence-corrected chi connectivity index (χ3v) is 5.33. The average Bonchev–Trinajstić information content (AvgIpc) is 2.64. The molecule has 0 bridgehead atoms. The molecule has 27 heavy (non-hydrogen) atoms. The lowest BCUT2D eigenvalue weighted by molar-refractivity contribution is 0.0342. The minimum atomic E-state index is 0.0332. The summed E-state index contributed by atoms with van der Waals surface area (Å²) in [6.07, 6.45) is 0.586. The van der Waals surface area contributed by atoms with E-state index in [2.05, 4.69) is 29.2 Å². The van der Waals surface area contributed by atoms with Crippen LogP contribution < -0.4 is 0 Å². The van der Waals surface area contributed by atoms with Gasteiger partial charge in [-0.05, 0) is 28.7 Å². The molecule has 144 valence electrons. The number of hydrogen-bond donors (Lipinski definition) is 2. The number of hydrogen-bond acceptors (Lipinski definition) is 5. The van der Waals surface area contributed by atoms with Gasteiger partial charge >= 0.3 is 0 Å². The molecule has 0 aromatic heterocycles. The highest BCUT2D eigenvalue weighted by atomic mass is 32.1. The molecule has 1 saturated heterocycles. The van der Waals surface area contributed by atoms with E-state index in [0.717, 1.165) is 44.0 Å². The Hall–Kier alpha value is -1.95. The van der Waals surface area contributed by atoms with E-state index in [9.17, 15) is 10.2 Å². The summed E-state index contributed by atoms with van der Waals surface area (Å²) >= 11 is 5.58. The van der Waals surface area contributed by atoms with E-state index >= 15 is 0 Å². The second-order valence-corrected chi connectivity index (χ2v) is 7.88. The molecular formula is C22H27NO3S. The molecule has 0 spiro atoms. The zero-order chi connectivity index (χ0) is 19.4. The van der Waals surface area contributed by atoms with Crippen LogP contribution in [0, 0.1) is 0 Å². The summed E-state index contributed by atoms with van der Waals surface area (Å²) < 4.78 is 5.39. The van der Waals surface area contributed by atoms with Crippen molar-refractivity contribution in [1.82, 2.24) is 4.90 Å². The highest BCUT2D eigenvalue weighted by Crippen LogP contribution is 2.33. The van der Waals surface area contributed by atoms with Crippen molar-refractivity contribution in [3.63, 3.8) is 0 Å². The van der Waals surface area contributed by atoms with Crippen LogP contribution in [0.15, 0.2) is 36.4 Å². The van der Waals surface area contributed by atoms with Gasteiger partial charge in [-0.2, -0.15) is 0 Å². The summed E-state index contributed by atoms with van der Waals surface area (Å²) in [4.78, 5) is 3.07. The summed E-state index contributed by atoms with van der Waals surface area (Å²) in [5.41, 5.74) is 3.82. The molecule has 0 saturated carbocycles. The number of ether oxygens (including phenoxy) is 1. The van der Waals surface area contributed by atoms with Crippen molar-refractivity contribution in [3.8, 4) is 11.5 Å². The van der Waals surface area contributed by atoms with E-state index < -0.39 is 0 Å². The first-order chi connectivity index (χ1) is 12.9. The summed E-state index contributed by atoms with van der Waals surface area (Å²) in [5.74, 6) is 0.305. The SMILES string of the molecule is CC(C)c1cc(C(=S)Cc2ccc(CN3CCOCC3)cc2)c(O)cc1O. The Balaban J connectivity index is 1.68. The van der Waals surface area contributed by atoms with Crippen LogP contribution in [-0.2, 0) is 17.7 Å². The largest absolute Gasteiger partial charge is 0.508 e.